The van der Waals surface area contributed by atoms with E-state index in [1.54, 1.807) is 24.3 Å². The molecule has 6 nitrogen and oxygen atoms in total. The standard InChI is InChI=1S/C19H22O6/c20-12-6-7-13(21)18(12)17-11-8-16(22)24-14(11)9-15(17)25-19(23)10-4-2-1-3-5-10/h1-5,11-15,17-18,20-21H,6-9H2. The van der Waals surface area contributed by atoms with Crippen molar-refractivity contribution in [3.63, 3.8) is 0 Å². The third-order valence-electron chi connectivity index (χ3n) is 5.91. The molecule has 3 aliphatic rings. The summed E-state index contributed by atoms with van der Waals surface area (Å²) < 4.78 is 11.1. The van der Waals surface area contributed by atoms with E-state index in [0.717, 1.165) is 0 Å². The van der Waals surface area contributed by atoms with Gasteiger partial charge in [0.2, 0.25) is 0 Å². The van der Waals surface area contributed by atoms with Crippen LogP contribution in [0, 0.1) is 17.8 Å². The summed E-state index contributed by atoms with van der Waals surface area (Å²) in [6.07, 6.45) is -0.337. The van der Waals surface area contributed by atoms with Crippen LogP contribution in [0.2, 0.25) is 0 Å². The highest BCUT2D eigenvalue weighted by molar-refractivity contribution is 5.89. The molecule has 4 rings (SSSR count). The first kappa shape index (κ1) is 16.5. The van der Waals surface area contributed by atoms with E-state index in [1.165, 1.54) is 0 Å². The molecule has 2 aliphatic carbocycles. The molecule has 1 aliphatic heterocycles. The van der Waals surface area contributed by atoms with Gasteiger partial charge in [0.05, 0.1) is 24.2 Å². The fourth-order valence-electron chi connectivity index (χ4n) is 4.83. The van der Waals surface area contributed by atoms with Crippen LogP contribution < -0.4 is 0 Å². The lowest BCUT2D eigenvalue weighted by atomic mass is 9.78. The number of rotatable bonds is 3. The molecule has 25 heavy (non-hydrogen) atoms. The first-order valence-electron chi connectivity index (χ1n) is 8.86. The second kappa shape index (κ2) is 6.42. The lowest BCUT2D eigenvalue weighted by Gasteiger charge is -2.32. The molecule has 0 radical (unpaired) electrons. The molecule has 0 amide bonds. The van der Waals surface area contributed by atoms with Crippen LogP contribution in [0.5, 0.6) is 0 Å². The molecule has 1 saturated heterocycles. The summed E-state index contributed by atoms with van der Waals surface area (Å²) in [5, 5.41) is 20.7. The molecule has 134 valence electrons. The van der Waals surface area contributed by atoms with Gasteiger partial charge >= 0.3 is 11.9 Å². The summed E-state index contributed by atoms with van der Waals surface area (Å²) in [6.45, 7) is 0. The zero-order valence-corrected chi connectivity index (χ0v) is 13.8. The molecule has 0 aromatic heterocycles. The minimum atomic E-state index is -0.646. The third-order valence-corrected chi connectivity index (χ3v) is 5.91. The van der Waals surface area contributed by atoms with Gasteiger partial charge in [-0.3, -0.25) is 4.79 Å². The van der Waals surface area contributed by atoms with E-state index in [9.17, 15) is 19.8 Å². The predicted molar refractivity (Wildman–Crippen MR) is 86.5 cm³/mol. The van der Waals surface area contributed by atoms with Crippen molar-refractivity contribution in [2.45, 2.75) is 50.1 Å². The van der Waals surface area contributed by atoms with Crippen LogP contribution in [0.3, 0.4) is 0 Å². The minimum absolute atomic E-state index is 0.117. The molecule has 0 bridgehead atoms. The second-order valence-corrected chi connectivity index (χ2v) is 7.31. The van der Waals surface area contributed by atoms with Crippen LogP contribution in [-0.2, 0) is 14.3 Å². The van der Waals surface area contributed by atoms with Gasteiger partial charge in [0.1, 0.15) is 12.2 Å². The van der Waals surface area contributed by atoms with Gasteiger partial charge < -0.3 is 19.7 Å². The Kier molecular flexibility index (Phi) is 4.25. The number of aliphatic hydroxyl groups excluding tert-OH is 2. The van der Waals surface area contributed by atoms with Crippen LogP contribution in [0.15, 0.2) is 30.3 Å². The number of fused-ring (bicyclic) bond motifs is 1. The van der Waals surface area contributed by atoms with Gasteiger partial charge in [-0.25, -0.2) is 4.79 Å². The molecule has 2 N–H and O–H groups in total. The maximum Gasteiger partial charge on any atom is 0.338 e. The summed E-state index contributed by atoms with van der Waals surface area (Å²) >= 11 is 0. The van der Waals surface area contributed by atoms with Crippen LogP contribution in [-0.4, -0.2) is 46.6 Å². The second-order valence-electron chi connectivity index (χ2n) is 7.31. The number of ether oxygens (including phenoxy) is 2. The number of esters is 2. The topological polar surface area (TPSA) is 93.1 Å². The minimum Gasteiger partial charge on any atom is -0.462 e. The number of aliphatic hydroxyl groups is 2. The summed E-state index contributed by atoms with van der Waals surface area (Å²) in [4.78, 5) is 24.1. The summed E-state index contributed by atoms with van der Waals surface area (Å²) in [5.41, 5.74) is 0.461. The molecule has 1 aromatic carbocycles. The number of hydrogen-bond donors (Lipinski definition) is 2. The average molecular weight is 346 g/mol. The van der Waals surface area contributed by atoms with Crippen LogP contribution in [0.1, 0.15) is 36.0 Å². The fraction of sp³-hybridized carbons (Fsp3) is 0.579. The number of benzene rings is 1. The molecule has 1 heterocycles. The smallest absolute Gasteiger partial charge is 0.338 e. The van der Waals surface area contributed by atoms with E-state index in [-0.39, 0.29) is 30.3 Å². The molecule has 6 heteroatoms. The van der Waals surface area contributed by atoms with Gasteiger partial charge in [-0.2, -0.15) is 0 Å². The van der Waals surface area contributed by atoms with Gasteiger partial charge in [0, 0.05) is 24.2 Å². The zero-order chi connectivity index (χ0) is 17.6. The molecule has 1 aromatic rings. The Hall–Kier alpha value is -1.92. The van der Waals surface area contributed by atoms with Crippen molar-refractivity contribution in [2.75, 3.05) is 0 Å². The van der Waals surface area contributed by atoms with Crippen molar-refractivity contribution in [3.8, 4) is 0 Å². The monoisotopic (exact) mass is 346 g/mol. The van der Waals surface area contributed by atoms with Crippen LogP contribution >= 0.6 is 0 Å². The lowest BCUT2D eigenvalue weighted by molar-refractivity contribution is -0.142. The molecule has 6 atom stereocenters. The van der Waals surface area contributed by atoms with Gasteiger partial charge in [-0.1, -0.05) is 18.2 Å². The van der Waals surface area contributed by atoms with E-state index < -0.39 is 30.2 Å². The molecule has 0 spiro atoms. The molecule has 2 saturated carbocycles. The Morgan fingerprint density at radius 2 is 1.76 bits per heavy atom. The fourth-order valence-corrected chi connectivity index (χ4v) is 4.83. The molecular formula is C19H22O6. The Morgan fingerprint density at radius 1 is 1.08 bits per heavy atom. The largest absolute Gasteiger partial charge is 0.462 e. The Labute approximate surface area is 145 Å². The van der Waals surface area contributed by atoms with E-state index >= 15 is 0 Å². The van der Waals surface area contributed by atoms with Crippen molar-refractivity contribution in [2.24, 2.45) is 17.8 Å². The molecular weight excluding hydrogens is 324 g/mol. The van der Waals surface area contributed by atoms with Crippen molar-refractivity contribution in [3.05, 3.63) is 35.9 Å². The first-order chi connectivity index (χ1) is 12.0. The highest BCUT2D eigenvalue weighted by atomic mass is 16.6. The van der Waals surface area contributed by atoms with E-state index in [0.29, 0.717) is 24.8 Å². The van der Waals surface area contributed by atoms with Crippen molar-refractivity contribution >= 4 is 11.9 Å². The highest BCUT2D eigenvalue weighted by Gasteiger charge is 2.57. The predicted octanol–water partition coefficient (Wildman–Crippen LogP) is 1.30. The lowest BCUT2D eigenvalue weighted by Crippen LogP contribution is -2.40. The Bertz CT molecular complexity index is 649. The van der Waals surface area contributed by atoms with Crippen molar-refractivity contribution in [1.82, 2.24) is 0 Å². The summed E-state index contributed by atoms with van der Waals surface area (Å²) in [5.74, 6) is -1.46. The number of carbonyl (C=O) groups is 2. The van der Waals surface area contributed by atoms with Gasteiger partial charge in [0.15, 0.2) is 0 Å². The Morgan fingerprint density at radius 3 is 2.44 bits per heavy atom. The van der Waals surface area contributed by atoms with Crippen molar-refractivity contribution < 1.29 is 29.3 Å². The van der Waals surface area contributed by atoms with Gasteiger partial charge in [-0.05, 0) is 25.0 Å². The van der Waals surface area contributed by atoms with Crippen molar-refractivity contribution in [1.29, 1.82) is 0 Å². The first-order valence-corrected chi connectivity index (χ1v) is 8.86. The summed E-state index contributed by atoms with van der Waals surface area (Å²) in [6, 6.07) is 8.73. The Balaban J connectivity index is 1.57. The normalized spacial score (nSPS) is 39.9. The number of carbonyl (C=O) groups excluding carboxylic acids is 2. The van der Waals surface area contributed by atoms with Crippen LogP contribution in [0.4, 0.5) is 0 Å². The van der Waals surface area contributed by atoms with Crippen LogP contribution in [0.25, 0.3) is 0 Å². The quantitative estimate of drug-likeness (QED) is 0.802. The zero-order valence-electron chi connectivity index (χ0n) is 13.8. The van der Waals surface area contributed by atoms with Gasteiger partial charge in [0.25, 0.3) is 0 Å². The molecule has 6 unspecified atom stereocenters. The summed E-state index contributed by atoms with van der Waals surface area (Å²) in [7, 11) is 0. The third kappa shape index (κ3) is 2.93. The molecule has 3 fully saturated rings. The SMILES string of the molecule is O=C1CC2C(CC(OC(=O)c3ccccc3)C2C2C(O)CCC2O)O1. The number of hydrogen-bond acceptors (Lipinski definition) is 6. The maximum absolute atomic E-state index is 12.5. The maximum atomic E-state index is 12.5. The van der Waals surface area contributed by atoms with E-state index in [2.05, 4.69) is 0 Å². The average Bonchev–Trinajstić information content (AvgIpc) is 3.21. The van der Waals surface area contributed by atoms with Gasteiger partial charge in [-0.15, -0.1) is 0 Å². The van der Waals surface area contributed by atoms with E-state index in [1.807, 2.05) is 6.07 Å². The highest BCUT2D eigenvalue weighted by Crippen LogP contribution is 2.50. The van der Waals surface area contributed by atoms with E-state index in [4.69, 9.17) is 9.47 Å².